The number of hydrogen-bond donors (Lipinski definition) is 0. The summed E-state index contributed by atoms with van der Waals surface area (Å²) in [5, 5.41) is 0.518. The molecule has 104 valence electrons. The highest BCUT2D eigenvalue weighted by molar-refractivity contribution is 5.72. The van der Waals surface area contributed by atoms with Crippen LogP contribution in [-0.2, 0) is 0 Å². The van der Waals surface area contributed by atoms with Gasteiger partial charge >= 0.3 is 0 Å². The van der Waals surface area contributed by atoms with Gasteiger partial charge in [0, 0.05) is 31.0 Å². The molecule has 3 aromatic heterocycles. The molecule has 0 radical (unpaired) electrons. The second-order valence-electron chi connectivity index (χ2n) is 4.20. The summed E-state index contributed by atoms with van der Waals surface area (Å²) in [4.78, 5) is 7.94. The summed E-state index contributed by atoms with van der Waals surface area (Å²) >= 11 is 0. The minimum absolute atomic E-state index is 0.0175. The minimum atomic E-state index is -2.74. The van der Waals surface area contributed by atoms with Crippen molar-refractivity contribution in [2.75, 3.05) is 0 Å². The largest absolute Gasteiger partial charge is 0.445 e. The molecule has 0 aliphatic carbocycles. The molecule has 0 unspecified atom stereocenters. The molecule has 0 spiro atoms. The summed E-state index contributed by atoms with van der Waals surface area (Å²) in [6.07, 6.45) is 0.548. The van der Waals surface area contributed by atoms with Crippen LogP contribution < -0.4 is 0 Å². The first-order valence-electron chi connectivity index (χ1n) is 10.6. The molecule has 0 fully saturated rings. The Morgan fingerprint density at radius 3 is 2.95 bits per heavy atom. The molecule has 3 heteroatoms. The van der Waals surface area contributed by atoms with E-state index in [1.807, 2.05) is 0 Å². The van der Waals surface area contributed by atoms with Gasteiger partial charge in [0.05, 0.1) is 9.81 Å². The maximum atomic E-state index is 8.17. The fourth-order valence-electron chi connectivity index (χ4n) is 1.71. The van der Waals surface area contributed by atoms with Gasteiger partial charge in [0.25, 0.3) is 0 Å². The highest BCUT2D eigenvalue weighted by Gasteiger charge is 1.98. The van der Waals surface area contributed by atoms with Crippen molar-refractivity contribution in [3.63, 3.8) is 0 Å². The lowest BCUT2D eigenvalue weighted by Crippen LogP contribution is -1.82. The quantitative estimate of drug-likeness (QED) is 0.654. The summed E-state index contributed by atoms with van der Waals surface area (Å²) in [5.41, 5.74) is -0.654. The number of aromatic nitrogens is 2. The maximum Gasteiger partial charge on any atom is 0.225 e. The first-order valence-corrected chi connectivity index (χ1v) is 6.11. The van der Waals surface area contributed by atoms with Crippen molar-refractivity contribution in [1.29, 1.82) is 0 Å². The van der Waals surface area contributed by atoms with Gasteiger partial charge in [0.2, 0.25) is 5.71 Å². The Kier molecular flexibility index (Phi) is 1.75. The molecule has 0 aromatic carbocycles. The van der Waals surface area contributed by atoms with E-state index in [1.165, 1.54) is 18.4 Å². The molecule has 0 aliphatic rings. The Bertz CT molecular complexity index is 1160. The minimum Gasteiger partial charge on any atom is -0.445 e. The van der Waals surface area contributed by atoms with Gasteiger partial charge < -0.3 is 4.42 Å². The summed E-state index contributed by atoms with van der Waals surface area (Å²) in [5.74, 6) is 0. The Hall–Kier alpha value is -2.68. The molecule has 3 rings (SSSR count). The van der Waals surface area contributed by atoms with Crippen LogP contribution in [0, 0.1) is 13.7 Å². The van der Waals surface area contributed by atoms with Crippen LogP contribution in [0.5, 0.6) is 0 Å². The number of aryl methyl sites for hydroxylation is 1. The van der Waals surface area contributed by atoms with E-state index in [-0.39, 0.29) is 22.7 Å². The molecule has 0 amide bonds. The third-order valence-electron chi connectivity index (χ3n) is 2.71. The van der Waals surface area contributed by atoms with E-state index >= 15 is 0 Å². The van der Waals surface area contributed by atoms with Crippen LogP contribution in [0.1, 0.15) is 23.6 Å². The summed E-state index contributed by atoms with van der Waals surface area (Å²) in [6, 6.07) is 8.26. The van der Waals surface area contributed by atoms with Crippen LogP contribution in [0.2, 0.25) is 0 Å². The summed E-state index contributed by atoms with van der Waals surface area (Å²) in [6.45, 7) is -5.17. The monoisotopic (exact) mass is 285 g/mol. The average molecular weight is 285 g/mol. The van der Waals surface area contributed by atoms with Crippen LogP contribution in [0.25, 0.3) is 22.4 Å². The van der Waals surface area contributed by atoms with Crippen LogP contribution >= 0.6 is 0 Å². The lowest BCUT2D eigenvalue weighted by Gasteiger charge is -1.98. The Morgan fingerprint density at radius 1 is 1.10 bits per heavy atom. The molecule has 3 heterocycles. The Balaban J connectivity index is 2.26. The van der Waals surface area contributed by atoms with Gasteiger partial charge in [-0.3, -0.25) is 4.98 Å². The topological polar surface area (TPSA) is 38.9 Å². The molecule has 0 atom stereocenters. The molecule has 0 bridgehead atoms. The van der Waals surface area contributed by atoms with Gasteiger partial charge in [-0.15, -0.1) is 0 Å². The van der Waals surface area contributed by atoms with Crippen molar-refractivity contribution in [3.8, 4) is 11.3 Å². The van der Waals surface area contributed by atoms with Gasteiger partial charge in [-0.1, -0.05) is 18.2 Å². The smallest absolute Gasteiger partial charge is 0.225 e. The van der Waals surface area contributed by atoms with E-state index < -0.39 is 37.5 Å². The second kappa shape index (κ2) is 5.75. The van der Waals surface area contributed by atoms with Crippen molar-refractivity contribution in [1.82, 2.24) is 9.97 Å². The lowest BCUT2D eigenvalue weighted by molar-refractivity contribution is 0.594. The maximum absolute atomic E-state index is 8.17. The Morgan fingerprint density at radius 2 is 2.05 bits per heavy atom. The molecule has 21 heavy (non-hydrogen) atoms. The number of fused-ring (bicyclic) bond motifs is 1. The molecule has 0 aliphatic heterocycles. The van der Waals surface area contributed by atoms with Crippen LogP contribution in [-0.4, -0.2) is 9.97 Å². The zero-order valence-corrected chi connectivity index (χ0v) is 10.8. The van der Waals surface area contributed by atoms with Crippen LogP contribution in [0.4, 0.5) is 0 Å². The van der Waals surface area contributed by atoms with Gasteiger partial charge in [-0.2, -0.15) is 0 Å². The van der Waals surface area contributed by atoms with Crippen molar-refractivity contribution in [2.45, 2.75) is 13.7 Å². The summed E-state index contributed by atoms with van der Waals surface area (Å²) < 4.78 is 74.6. The molecule has 0 N–H and O–H groups in total. The lowest BCUT2D eigenvalue weighted by atomic mass is 10.2. The first-order chi connectivity index (χ1) is 13.9. The van der Waals surface area contributed by atoms with Gasteiger partial charge in [0.1, 0.15) is 6.26 Å². The van der Waals surface area contributed by atoms with Gasteiger partial charge in [0.15, 0.2) is 0 Å². The van der Waals surface area contributed by atoms with Crippen molar-refractivity contribution < 1.29 is 16.8 Å². The number of hydrogen-bond acceptors (Lipinski definition) is 3. The number of rotatable bonds is 1. The van der Waals surface area contributed by atoms with Crippen molar-refractivity contribution in [3.05, 3.63) is 72.2 Å². The van der Waals surface area contributed by atoms with Crippen molar-refractivity contribution >= 4 is 11.1 Å². The van der Waals surface area contributed by atoms with E-state index in [2.05, 4.69) is 9.97 Å². The van der Waals surface area contributed by atoms with Crippen molar-refractivity contribution in [2.24, 2.45) is 0 Å². The second-order valence-corrected chi connectivity index (χ2v) is 4.20. The predicted molar refractivity (Wildman–Crippen MR) is 84.3 cm³/mol. The molecule has 3 nitrogen and oxygen atoms in total. The van der Waals surface area contributed by atoms with Crippen LogP contribution in [0.15, 0.2) is 65.3 Å². The summed E-state index contributed by atoms with van der Waals surface area (Å²) in [7, 11) is 0. The average Bonchev–Trinajstić information content (AvgIpc) is 2.72. The van der Waals surface area contributed by atoms with E-state index in [9.17, 15) is 0 Å². The zero-order chi connectivity index (χ0) is 22.3. The standard InChI is InChI=1S/C18H16N2O/c1-13-7-10-17(19-11-13)16-6-4-3-5-15-9-8-14(2)20-18(15)21-12-16/h3-12H,1-2H3/i1D3,2D3,7D,10D,11D. The normalized spacial score (nSPS) is 17.8. The molecule has 3 aromatic rings. The van der Waals surface area contributed by atoms with E-state index in [0.29, 0.717) is 5.39 Å². The zero-order valence-electron chi connectivity index (χ0n) is 19.8. The van der Waals surface area contributed by atoms with Crippen LogP contribution in [0.3, 0.4) is 0 Å². The predicted octanol–water partition coefficient (Wildman–Crippen LogP) is 4.63. The molecule has 0 saturated heterocycles. The fraction of sp³-hybridized carbons (Fsp3) is 0.111. The molecular weight excluding hydrogens is 260 g/mol. The highest BCUT2D eigenvalue weighted by Crippen LogP contribution is 2.17. The third kappa shape index (κ3) is 3.08. The SMILES string of the molecule is [2H]c1nc(-c2ccccc3ccc(C([2H])([2H])[2H])nc3oc2)c([2H])c([2H])c1C([2H])([2H])[2H]. The van der Waals surface area contributed by atoms with E-state index in [0.717, 1.165) is 0 Å². The molecule has 0 saturated carbocycles. The first kappa shape index (κ1) is 6.39. The Labute approximate surface area is 136 Å². The van der Waals surface area contributed by atoms with E-state index in [4.69, 9.17) is 16.8 Å². The fourth-order valence-corrected chi connectivity index (χ4v) is 1.71. The highest BCUT2D eigenvalue weighted by atomic mass is 16.3. The van der Waals surface area contributed by atoms with E-state index in [1.54, 1.807) is 24.3 Å². The van der Waals surface area contributed by atoms with Gasteiger partial charge in [-0.25, -0.2) is 4.98 Å². The third-order valence-corrected chi connectivity index (χ3v) is 2.71. The number of nitrogens with zero attached hydrogens (tertiary/aromatic N) is 2. The molecular formula is C18H16N2O. The van der Waals surface area contributed by atoms with Gasteiger partial charge in [-0.05, 0) is 49.6 Å². The number of pyridine rings is 2.